The van der Waals surface area contributed by atoms with E-state index in [9.17, 15) is 9.59 Å². The van der Waals surface area contributed by atoms with Gasteiger partial charge in [-0.3, -0.25) is 4.79 Å². The molecule has 3 atom stereocenters. The average Bonchev–Trinajstić information content (AvgIpc) is 3.10. The van der Waals surface area contributed by atoms with Crippen molar-refractivity contribution < 1.29 is 14.3 Å². The minimum atomic E-state index is -0.185. The summed E-state index contributed by atoms with van der Waals surface area (Å²) >= 11 is 0. The van der Waals surface area contributed by atoms with Crippen LogP contribution in [0.1, 0.15) is 25.7 Å². The maximum absolute atomic E-state index is 11.9. The van der Waals surface area contributed by atoms with E-state index in [4.69, 9.17) is 4.74 Å². The van der Waals surface area contributed by atoms with Crippen molar-refractivity contribution in [2.45, 2.75) is 43.9 Å². The number of carbonyl (C=O) groups is 2. The van der Waals surface area contributed by atoms with Crippen molar-refractivity contribution in [2.75, 3.05) is 19.7 Å². The highest BCUT2D eigenvalue weighted by molar-refractivity contribution is 5.79. The highest BCUT2D eigenvalue weighted by atomic mass is 16.5. The predicted octanol–water partition coefficient (Wildman–Crippen LogP) is 0.640. The number of likely N-dealkylation sites (tertiary alicyclic amines) is 1. The normalized spacial score (nSPS) is 32.3. The van der Waals surface area contributed by atoms with Gasteiger partial charge in [-0.15, -0.1) is 6.58 Å². The van der Waals surface area contributed by atoms with Crippen LogP contribution in [0.2, 0.25) is 0 Å². The van der Waals surface area contributed by atoms with E-state index < -0.39 is 0 Å². The number of rotatable bonds is 5. The highest BCUT2D eigenvalue weighted by Crippen LogP contribution is 2.32. The van der Waals surface area contributed by atoms with Crippen LogP contribution in [-0.4, -0.2) is 54.7 Å². The van der Waals surface area contributed by atoms with Crippen molar-refractivity contribution >= 4 is 11.9 Å². The lowest BCUT2D eigenvalue weighted by molar-refractivity contribution is -0.128. The van der Waals surface area contributed by atoms with Crippen LogP contribution in [0.25, 0.3) is 0 Å². The maximum Gasteiger partial charge on any atom is 0.315 e. The SMILES string of the molecule is C=C[C@@H]1OCC[C@H]1NC(=O)NCC1CC(=O)N(C2CC2)C1. The molecule has 3 fully saturated rings. The highest BCUT2D eigenvalue weighted by Gasteiger charge is 2.39. The molecule has 6 nitrogen and oxygen atoms in total. The van der Waals surface area contributed by atoms with Crippen molar-refractivity contribution in [3.63, 3.8) is 0 Å². The molecule has 6 heteroatoms. The molecule has 1 saturated carbocycles. The molecule has 0 aromatic heterocycles. The van der Waals surface area contributed by atoms with Gasteiger partial charge in [-0.1, -0.05) is 6.08 Å². The van der Waals surface area contributed by atoms with Gasteiger partial charge in [0.2, 0.25) is 5.91 Å². The van der Waals surface area contributed by atoms with Crippen LogP contribution in [-0.2, 0) is 9.53 Å². The molecule has 0 radical (unpaired) electrons. The number of urea groups is 1. The summed E-state index contributed by atoms with van der Waals surface area (Å²) in [7, 11) is 0. The molecule has 3 rings (SSSR count). The molecule has 2 N–H and O–H groups in total. The second kappa shape index (κ2) is 6.05. The number of nitrogens with zero attached hydrogens (tertiary/aromatic N) is 1. The van der Waals surface area contributed by atoms with E-state index in [0.717, 1.165) is 25.8 Å². The van der Waals surface area contributed by atoms with Gasteiger partial charge in [0.1, 0.15) is 0 Å². The number of carbonyl (C=O) groups excluding carboxylic acids is 2. The molecule has 2 heterocycles. The van der Waals surface area contributed by atoms with Gasteiger partial charge in [0.25, 0.3) is 0 Å². The Hall–Kier alpha value is -1.56. The van der Waals surface area contributed by atoms with Crippen LogP contribution in [0.4, 0.5) is 4.79 Å². The zero-order valence-electron chi connectivity index (χ0n) is 12.2. The Morgan fingerprint density at radius 2 is 2.24 bits per heavy atom. The van der Waals surface area contributed by atoms with Gasteiger partial charge < -0.3 is 20.3 Å². The van der Waals surface area contributed by atoms with Crippen LogP contribution < -0.4 is 10.6 Å². The van der Waals surface area contributed by atoms with Crippen LogP contribution in [0.15, 0.2) is 12.7 Å². The molecular formula is C15H23N3O3. The van der Waals surface area contributed by atoms with E-state index in [2.05, 4.69) is 17.2 Å². The summed E-state index contributed by atoms with van der Waals surface area (Å²) in [5, 5.41) is 5.79. The second-order valence-corrected chi connectivity index (χ2v) is 6.17. The van der Waals surface area contributed by atoms with E-state index in [1.165, 1.54) is 0 Å². The predicted molar refractivity (Wildman–Crippen MR) is 77.7 cm³/mol. The summed E-state index contributed by atoms with van der Waals surface area (Å²) in [6.45, 7) is 5.69. The summed E-state index contributed by atoms with van der Waals surface area (Å²) in [5.74, 6) is 0.472. The molecule has 0 bridgehead atoms. The maximum atomic E-state index is 11.9. The van der Waals surface area contributed by atoms with E-state index in [0.29, 0.717) is 25.6 Å². The Morgan fingerprint density at radius 1 is 1.43 bits per heavy atom. The Labute approximate surface area is 124 Å². The van der Waals surface area contributed by atoms with Gasteiger partial charge in [-0.25, -0.2) is 4.79 Å². The number of hydrogen-bond acceptors (Lipinski definition) is 3. The molecular weight excluding hydrogens is 270 g/mol. The number of hydrogen-bond donors (Lipinski definition) is 2. The molecule has 0 spiro atoms. The van der Waals surface area contributed by atoms with Crippen LogP contribution in [0, 0.1) is 5.92 Å². The fraction of sp³-hybridized carbons (Fsp3) is 0.733. The smallest absolute Gasteiger partial charge is 0.315 e. The monoisotopic (exact) mass is 293 g/mol. The van der Waals surface area contributed by atoms with Crippen molar-refractivity contribution in [3.8, 4) is 0 Å². The fourth-order valence-corrected chi connectivity index (χ4v) is 3.14. The lowest BCUT2D eigenvalue weighted by Crippen LogP contribution is -2.46. The van der Waals surface area contributed by atoms with Crippen LogP contribution in [0.3, 0.4) is 0 Å². The standard InChI is InChI=1S/C15H23N3O3/c1-2-13-12(5-6-21-13)17-15(20)16-8-10-7-14(19)18(9-10)11-3-4-11/h2,10-13H,1,3-9H2,(H2,16,17,20)/t10?,12-,13+/m1/s1. The lowest BCUT2D eigenvalue weighted by Gasteiger charge is -2.18. The first-order chi connectivity index (χ1) is 10.2. The van der Waals surface area contributed by atoms with Crippen molar-refractivity contribution in [2.24, 2.45) is 5.92 Å². The van der Waals surface area contributed by atoms with Gasteiger partial charge >= 0.3 is 6.03 Å². The topological polar surface area (TPSA) is 70.7 Å². The molecule has 1 aliphatic carbocycles. The van der Waals surface area contributed by atoms with Crippen molar-refractivity contribution in [1.82, 2.24) is 15.5 Å². The van der Waals surface area contributed by atoms with Crippen molar-refractivity contribution in [1.29, 1.82) is 0 Å². The van der Waals surface area contributed by atoms with Gasteiger partial charge in [-0.2, -0.15) is 0 Å². The summed E-state index contributed by atoms with van der Waals surface area (Å²) in [5.41, 5.74) is 0. The quantitative estimate of drug-likeness (QED) is 0.731. The second-order valence-electron chi connectivity index (χ2n) is 6.17. The third-order valence-corrected chi connectivity index (χ3v) is 4.46. The molecule has 3 aliphatic rings. The molecule has 2 aliphatic heterocycles. The first-order valence-electron chi connectivity index (χ1n) is 7.75. The molecule has 1 unspecified atom stereocenters. The third-order valence-electron chi connectivity index (χ3n) is 4.46. The minimum absolute atomic E-state index is 0.00401. The zero-order chi connectivity index (χ0) is 14.8. The van der Waals surface area contributed by atoms with Gasteiger partial charge in [0.05, 0.1) is 12.1 Å². The molecule has 3 amide bonds. The summed E-state index contributed by atoms with van der Waals surface area (Å²) < 4.78 is 5.44. The first-order valence-corrected chi connectivity index (χ1v) is 7.75. The summed E-state index contributed by atoms with van der Waals surface area (Å²) in [6.07, 6.45) is 5.25. The Bertz CT molecular complexity index is 436. The van der Waals surface area contributed by atoms with E-state index in [1.54, 1.807) is 6.08 Å². The average molecular weight is 293 g/mol. The summed E-state index contributed by atoms with van der Waals surface area (Å²) in [6, 6.07) is 0.283. The third kappa shape index (κ3) is 3.37. The van der Waals surface area contributed by atoms with E-state index >= 15 is 0 Å². The Kier molecular flexibility index (Phi) is 4.14. The number of amides is 3. The fourth-order valence-electron chi connectivity index (χ4n) is 3.14. The van der Waals surface area contributed by atoms with Gasteiger partial charge in [0.15, 0.2) is 0 Å². The minimum Gasteiger partial charge on any atom is -0.372 e. The largest absolute Gasteiger partial charge is 0.372 e. The number of ether oxygens (including phenoxy) is 1. The van der Waals surface area contributed by atoms with E-state index in [1.807, 2.05) is 4.90 Å². The molecule has 116 valence electrons. The lowest BCUT2D eigenvalue weighted by atomic mass is 10.1. The Balaban J connectivity index is 1.40. The zero-order valence-corrected chi connectivity index (χ0v) is 12.2. The van der Waals surface area contributed by atoms with Gasteiger partial charge in [0, 0.05) is 38.1 Å². The summed E-state index contributed by atoms with van der Waals surface area (Å²) in [4.78, 5) is 25.7. The van der Waals surface area contributed by atoms with E-state index in [-0.39, 0.29) is 30.0 Å². The molecule has 0 aromatic rings. The molecule has 21 heavy (non-hydrogen) atoms. The van der Waals surface area contributed by atoms with Crippen molar-refractivity contribution in [3.05, 3.63) is 12.7 Å². The van der Waals surface area contributed by atoms with Gasteiger partial charge in [-0.05, 0) is 19.3 Å². The van der Waals surface area contributed by atoms with Crippen LogP contribution >= 0.6 is 0 Å². The molecule has 0 aromatic carbocycles. The molecule has 2 saturated heterocycles. The number of nitrogens with one attached hydrogen (secondary N) is 2. The van der Waals surface area contributed by atoms with Crippen LogP contribution in [0.5, 0.6) is 0 Å². The first kappa shape index (κ1) is 14.4. The Morgan fingerprint density at radius 3 is 2.95 bits per heavy atom.